The third-order valence-electron chi connectivity index (χ3n) is 4.00. The molecule has 1 unspecified atom stereocenters. The van der Waals surface area contributed by atoms with E-state index in [4.69, 9.17) is 0 Å². The average molecular weight is 268 g/mol. The number of hydrogen-bond donors (Lipinski definition) is 2. The molecule has 1 fully saturated rings. The van der Waals surface area contributed by atoms with Crippen LogP contribution < -0.4 is 10.6 Å². The van der Waals surface area contributed by atoms with E-state index in [-0.39, 0.29) is 11.8 Å². The van der Waals surface area contributed by atoms with Gasteiger partial charge in [0.25, 0.3) is 0 Å². The fourth-order valence-electron chi connectivity index (χ4n) is 2.85. The van der Waals surface area contributed by atoms with E-state index in [1.807, 2.05) is 18.2 Å². The lowest BCUT2D eigenvalue weighted by molar-refractivity contribution is -0.125. The maximum Gasteiger partial charge on any atom is 0.224 e. The Bertz CT molecular complexity index is 597. The van der Waals surface area contributed by atoms with Crippen molar-refractivity contribution in [1.82, 2.24) is 10.6 Å². The second-order valence-electron chi connectivity index (χ2n) is 5.40. The second-order valence-corrected chi connectivity index (χ2v) is 5.40. The van der Waals surface area contributed by atoms with Gasteiger partial charge in [0, 0.05) is 13.1 Å². The highest BCUT2D eigenvalue weighted by Gasteiger charge is 2.20. The molecule has 0 aliphatic carbocycles. The van der Waals surface area contributed by atoms with Gasteiger partial charge in [0.15, 0.2) is 0 Å². The first-order chi connectivity index (χ1) is 9.84. The molecule has 2 aromatic carbocycles. The quantitative estimate of drug-likeness (QED) is 0.898. The first-order valence-electron chi connectivity index (χ1n) is 7.29. The minimum absolute atomic E-state index is 0.124. The standard InChI is InChI=1S/C17H20N2O/c20-17(15-8-4-10-18-11-15)19-12-14-7-3-6-13-5-1-2-9-16(13)14/h1-3,5-7,9,15,18H,4,8,10-12H2,(H,19,20). The van der Waals surface area contributed by atoms with E-state index in [2.05, 4.69) is 34.9 Å². The van der Waals surface area contributed by atoms with Crippen LogP contribution in [0.5, 0.6) is 0 Å². The van der Waals surface area contributed by atoms with Crippen molar-refractivity contribution in [3.63, 3.8) is 0 Å². The summed E-state index contributed by atoms with van der Waals surface area (Å²) >= 11 is 0. The topological polar surface area (TPSA) is 41.1 Å². The summed E-state index contributed by atoms with van der Waals surface area (Å²) in [6.07, 6.45) is 2.08. The van der Waals surface area contributed by atoms with Crippen molar-refractivity contribution >= 4 is 16.7 Å². The molecule has 1 aliphatic heterocycles. The number of carbonyl (C=O) groups excluding carboxylic acids is 1. The molecule has 20 heavy (non-hydrogen) atoms. The van der Waals surface area contributed by atoms with Crippen molar-refractivity contribution in [2.45, 2.75) is 19.4 Å². The molecule has 0 radical (unpaired) electrons. The number of rotatable bonds is 3. The van der Waals surface area contributed by atoms with Crippen molar-refractivity contribution in [3.05, 3.63) is 48.0 Å². The van der Waals surface area contributed by atoms with Crippen molar-refractivity contribution in [2.24, 2.45) is 5.92 Å². The number of fused-ring (bicyclic) bond motifs is 1. The number of piperidine rings is 1. The van der Waals surface area contributed by atoms with Crippen molar-refractivity contribution in [1.29, 1.82) is 0 Å². The lowest BCUT2D eigenvalue weighted by atomic mass is 9.98. The van der Waals surface area contributed by atoms with Crippen LogP contribution in [0.25, 0.3) is 10.8 Å². The number of hydrogen-bond acceptors (Lipinski definition) is 2. The molecule has 1 heterocycles. The lowest BCUT2D eigenvalue weighted by Gasteiger charge is -2.22. The van der Waals surface area contributed by atoms with Crippen molar-refractivity contribution in [3.8, 4) is 0 Å². The zero-order valence-electron chi connectivity index (χ0n) is 11.6. The van der Waals surface area contributed by atoms with E-state index in [0.717, 1.165) is 25.9 Å². The summed E-state index contributed by atoms with van der Waals surface area (Å²) in [5.74, 6) is 0.295. The molecule has 0 saturated carbocycles. The molecule has 0 bridgehead atoms. The van der Waals surface area contributed by atoms with Crippen LogP contribution in [0.1, 0.15) is 18.4 Å². The van der Waals surface area contributed by atoms with Crippen molar-refractivity contribution in [2.75, 3.05) is 13.1 Å². The molecular weight excluding hydrogens is 248 g/mol. The molecule has 1 atom stereocenters. The predicted molar refractivity (Wildman–Crippen MR) is 81.4 cm³/mol. The highest BCUT2D eigenvalue weighted by atomic mass is 16.1. The van der Waals surface area contributed by atoms with E-state index in [1.165, 1.54) is 16.3 Å². The molecule has 3 nitrogen and oxygen atoms in total. The Balaban J connectivity index is 1.69. The van der Waals surface area contributed by atoms with Gasteiger partial charge in [-0.2, -0.15) is 0 Å². The van der Waals surface area contributed by atoms with Gasteiger partial charge in [0.1, 0.15) is 0 Å². The van der Waals surface area contributed by atoms with Gasteiger partial charge in [-0.15, -0.1) is 0 Å². The van der Waals surface area contributed by atoms with E-state index in [1.54, 1.807) is 0 Å². The summed E-state index contributed by atoms with van der Waals surface area (Å²) in [6.45, 7) is 2.45. The SMILES string of the molecule is O=C(NCc1cccc2ccccc12)C1CCCNC1. The zero-order valence-corrected chi connectivity index (χ0v) is 11.6. The Morgan fingerprint density at radius 2 is 2.05 bits per heavy atom. The molecule has 2 N–H and O–H groups in total. The normalized spacial score (nSPS) is 18.9. The molecule has 104 valence electrons. The summed E-state index contributed by atoms with van der Waals surface area (Å²) in [6, 6.07) is 14.5. The fourth-order valence-corrected chi connectivity index (χ4v) is 2.85. The summed E-state index contributed by atoms with van der Waals surface area (Å²) in [5, 5.41) is 8.80. The van der Waals surface area contributed by atoms with Crippen LogP contribution in [0.15, 0.2) is 42.5 Å². The Morgan fingerprint density at radius 3 is 2.90 bits per heavy atom. The Hall–Kier alpha value is -1.87. The van der Waals surface area contributed by atoms with Crippen LogP contribution in [0.3, 0.4) is 0 Å². The first-order valence-corrected chi connectivity index (χ1v) is 7.29. The van der Waals surface area contributed by atoms with Crippen LogP contribution in [-0.4, -0.2) is 19.0 Å². The highest BCUT2D eigenvalue weighted by Crippen LogP contribution is 2.18. The molecule has 1 amide bonds. The van der Waals surface area contributed by atoms with Gasteiger partial charge in [-0.1, -0.05) is 42.5 Å². The van der Waals surface area contributed by atoms with Gasteiger partial charge in [-0.25, -0.2) is 0 Å². The molecule has 0 aromatic heterocycles. The monoisotopic (exact) mass is 268 g/mol. The lowest BCUT2D eigenvalue weighted by Crippen LogP contribution is -2.40. The van der Waals surface area contributed by atoms with Gasteiger partial charge in [-0.05, 0) is 35.7 Å². The maximum atomic E-state index is 12.2. The molecule has 3 rings (SSSR count). The van der Waals surface area contributed by atoms with E-state index in [0.29, 0.717) is 6.54 Å². The van der Waals surface area contributed by atoms with Gasteiger partial charge in [0.05, 0.1) is 5.92 Å². The minimum atomic E-state index is 0.124. The van der Waals surface area contributed by atoms with Gasteiger partial charge >= 0.3 is 0 Å². The van der Waals surface area contributed by atoms with E-state index < -0.39 is 0 Å². The Kier molecular flexibility index (Phi) is 3.97. The zero-order chi connectivity index (χ0) is 13.8. The smallest absolute Gasteiger partial charge is 0.224 e. The second kappa shape index (κ2) is 6.06. The molecule has 1 aliphatic rings. The number of nitrogens with one attached hydrogen (secondary N) is 2. The molecular formula is C17H20N2O. The van der Waals surface area contributed by atoms with Crippen LogP contribution in [-0.2, 0) is 11.3 Å². The fraction of sp³-hybridized carbons (Fsp3) is 0.353. The van der Waals surface area contributed by atoms with Gasteiger partial charge in [0.2, 0.25) is 5.91 Å². The van der Waals surface area contributed by atoms with Crippen LogP contribution in [0.2, 0.25) is 0 Å². The average Bonchev–Trinajstić information content (AvgIpc) is 2.53. The molecule has 3 heteroatoms. The Morgan fingerprint density at radius 1 is 1.20 bits per heavy atom. The summed E-state index contributed by atoms with van der Waals surface area (Å²) in [5.41, 5.74) is 1.18. The molecule has 0 spiro atoms. The van der Waals surface area contributed by atoms with E-state index in [9.17, 15) is 4.79 Å². The van der Waals surface area contributed by atoms with Gasteiger partial charge in [-0.3, -0.25) is 4.79 Å². The maximum absolute atomic E-state index is 12.2. The third-order valence-corrected chi connectivity index (χ3v) is 4.00. The minimum Gasteiger partial charge on any atom is -0.352 e. The Labute approximate surface area is 119 Å². The van der Waals surface area contributed by atoms with E-state index >= 15 is 0 Å². The largest absolute Gasteiger partial charge is 0.352 e. The van der Waals surface area contributed by atoms with Gasteiger partial charge < -0.3 is 10.6 Å². The summed E-state index contributed by atoms with van der Waals surface area (Å²) in [4.78, 5) is 12.2. The summed E-state index contributed by atoms with van der Waals surface area (Å²) in [7, 11) is 0. The van der Waals surface area contributed by atoms with Crippen LogP contribution in [0, 0.1) is 5.92 Å². The summed E-state index contributed by atoms with van der Waals surface area (Å²) < 4.78 is 0. The van der Waals surface area contributed by atoms with Crippen LogP contribution in [0.4, 0.5) is 0 Å². The molecule has 1 saturated heterocycles. The highest BCUT2D eigenvalue weighted by molar-refractivity contribution is 5.86. The van der Waals surface area contributed by atoms with Crippen LogP contribution >= 0.6 is 0 Å². The van der Waals surface area contributed by atoms with Crippen molar-refractivity contribution < 1.29 is 4.79 Å². The number of benzene rings is 2. The number of carbonyl (C=O) groups is 1. The molecule has 2 aromatic rings. The number of amides is 1. The third kappa shape index (κ3) is 2.83. The predicted octanol–water partition coefficient (Wildman–Crippen LogP) is 2.46. The first kappa shape index (κ1) is 13.1.